The summed E-state index contributed by atoms with van der Waals surface area (Å²) in [6.45, 7) is 4.17. The molecule has 2 amide bonds. The Labute approximate surface area is 194 Å². The first kappa shape index (κ1) is 24.1. The molecule has 8 heteroatoms. The molecule has 0 radical (unpaired) electrons. The molecule has 0 aliphatic heterocycles. The Morgan fingerprint density at radius 3 is 2.24 bits per heavy atom. The number of hydrogen-bond donors (Lipinski definition) is 1. The number of pyridine rings is 1. The molecule has 0 aliphatic rings. The Morgan fingerprint density at radius 2 is 1.67 bits per heavy atom. The van der Waals surface area contributed by atoms with Gasteiger partial charge in [-0.3, -0.25) is 14.6 Å². The Kier molecular flexibility index (Phi) is 7.95. The van der Waals surface area contributed by atoms with E-state index in [2.05, 4.69) is 10.3 Å². The maximum Gasteiger partial charge on any atom is 0.258 e. The molecule has 0 bridgehead atoms. The number of nitrogens with zero attached hydrogens (tertiary/aromatic N) is 2. The fraction of sp³-hybridized carbons (Fsp3) is 0.240. The maximum atomic E-state index is 13.0. The number of hydrogen-bond acceptors (Lipinski definition) is 5. The molecule has 0 saturated heterocycles. The van der Waals surface area contributed by atoms with Crippen LogP contribution in [0.3, 0.4) is 0 Å². The molecule has 0 spiro atoms. The highest BCUT2D eigenvalue weighted by Crippen LogP contribution is 2.18. The van der Waals surface area contributed by atoms with E-state index in [4.69, 9.17) is 0 Å². The van der Waals surface area contributed by atoms with Gasteiger partial charge in [-0.25, -0.2) is 8.42 Å². The third-order valence-corrected chi connectivity index (χ3v) is 6.84. The zero-order valence-electron chi connectivity index (χ0n) is 18.7. The van der Waals surface area contributed by atoms with Crippen molar-refractivity contribution in [3.05, 3.63) is 84.2 Å². The predicted molar refractivity (Wildman–Crippen MR) is 129 cm³/mol. The molecule has 3 rings (SSSR count). The fourth-order valence-corrected chi connectivity index (χ4v) is 4.19. The van der Waals surface area contributed by atoms with Gasteiger partial charge in [-0.1, -0.05) is 26.0 Å². The smallest absolute Gasteiger partial charge is 0.258 e. The second-order valence-corrected chi connectivity index (χ2v) is 9.80. The third-order valence-electron chi connectivity index (χ3n) is 5.09. The van der Waals surface area contributed by atoms with Crippen LogP contribution in [0.2, 0.25) is 0 Å². The molecule has 0 saturated carbocycles. The van der Waals surface area contributed by atoms with Gasteiger partial charge in [-0.15, -0.1) is 0 Å². The SMILES string of the molecule is CCCN(C(=O)c1ccc(NC(=O)Cc2ccc(S(=O)(=O)CC)cc2)cc1)c1cccnc1. The van der Waals surface area contributed by atoms with Crippen molar-refractivity contribution < 1.29 is 18.0 Å². The van der Waals surface area contributed by atoms with Crippen LogP contribution < -0.4 is 10.2 Å². The van der Waals surface area contributed by atoms with Crippen molar-refractivity contribution in [1.82, 2.24) is 4.98 Å². The van der Waals surface area contributed by atoms with Gasteiger partial charge in [0.05, 0.1) is 29.0 Å². The number of carbonyl (C=O) groups is 2. The molecular weight excluding hydrogens is 438 g/mol. The van der Waals surface area contributed by atoms with Gasteiger partial charge in [-0.2, -0.15) is 0 Å². The average Bonchev–Trinajstić information content (AvgIpc) is 2.83. The standard InChI is InChI=1S/C25H27N3O4S/c1-3-16-28(22-6-5-15-26-18-22)25(30)20-9-11-21(12-10-20)27-24(29)17-19-7-13-23(14-8-19)33(31,32)4-2/h5-15,18H,3-4,16-17H2,1-2H3,(H,27,29). The van der Waals surface area contributed by atoms with Crippen LogP contribution in [0.4, 0.5) is 11.4 Å². The van der Waals surface area contributed by atoms with Crippen LogP contribution >= 0.6 is 0 Å². The van der Waals surface area contributed by atoms with Crippen molar-refractivity contribution in [2.24, 2.45) is 0 Å². The monoisotopic (exact) mass is 465 g/mol. The van der Waals surface area contributed by atoms with E-state index in [9.17, 15) is 18.0 Å². The Hall–Kier alpha value is -3.52. The summed E-state index contributed by atoms with van der Waals surface area (Å²) in [6, 6.07) is 16.7. The van der Waals surface area contributed by atoms with Crippen LogP contribution in [0, 0.1) is 0 Å². The van der Waals surface area contributed by atoms with Crippen molar-refractivity contribution in [2.75, 3.05) is 22.5 Å². The van der Waals surface area contributed by atoms with E-state index in [0.717, 1.165) is 12.1 Å². The topological polar surface area (TPSA) is 96.4 Å². The molecule has 172 valence electrons. The first-order valence-electron chi connectivity index (χ1n) is 10.8. The number of anilines is 2. The van der Waals surface area contributed by atoms with Crippen molar-refractivity contribution in [3.8, 4) is 0 Å². The van der Waals surface area contributed by atoms with E-state index >= 15 is 0 Å². The normalized spacial score (nSPS) is 11.1. The molecule has 0 atom stereocenters. The fourth-order valence-electron chi connectivity index (χ4n) is 3.31. The molecule has 3 aromatic rings. The van der Waals surface area contributed by atoms with Gasteiger partial charge in [0, 0.05) is 24.0 Å². The third kappa shape index (κ3) is 6.26. The molecule has 1 heterocycles. The Bertz CT molecular complexity index is 1190. The lowest BCUT2D eigenvalue weighted by Crippen LogP contribution is -2.31. The van der Waals surface area contributed by atoms with Gasteiger partial charge >= 0.3 is 0 Å². The lowest BCUT2D eigenvalue weighted by Gasteiger charge is -2.22. The minimum atomic E-state index is -3.27. The number of aromatic nitrogens is 1. The van der Waals surface area contributed by atoms with Crippen LogP contribution in [0.1, 0.15) is 36.2 Å². The number of nitrogens with one attached hydrogen (secondary N) is 1. The molecular formula is C25H27N3O4S. The van der Waals surface area contributed by atoms with Crippen molar-refractivity contribution in [2.45, 2.75) is 31.6 Å². The number of rotatable bonds is 9. The van der Waals surface area contributed by atoms with E-state index in [1.165, 1.54) is 12.1 Å². The molecule has 7 nitrogen and oxygen atoms in total. The lowest BCUT2D eigenvalue weighted by atomic mass is 10.1. The molecule has 0 aliphatic carbocycles. The number of benzene rings is 2. The van der Waals surface area contributed by atoms with Gasteiger partial charge in [0.25, 0.3) is 5.91 Å². The van der Waals surface area contributed by atoms with Gasteiger partial charge < -0.3 is 10.2 Å². The van der Waals surface area contributed by atoms with Crippen molar-refractivity contribution in [1.29, 1.82) is 0 Å². The molecule has 1 N–H and O–H groups in total. The highest BCUT2D eigenvalue weighted by Gasteiger charge is 2.17. The first-order valence-corrected chi connectivity index (χ1v) is 12.4. The highest BCUT2D eigenvalue weighted by molar-refractivity contribution is 7.91. The number of sulfone groups is 1. The van der Waals surface area contributed by atoms with Gasteiger partial charge in [0.1, 0.15) is 0 Å². The van der Waals surface area contributed by atoms with Crippen LogP contribution in [0.25, 0.3) is 0 Å². The van der Waals surface area contributed by atoms with Crippen LogP contribution in [-0.4, -0.2) is 37.5 Å². The average molecular weight is 466 g/mol. The van der Waals surface area contributed by atoms with E-state index < -0.39 is 9.84 Å². The van der Waals surface area contributed by atoms with Gasteiger partial charge in [0.15, 0.2) is 9.84 Å². The van der Waals surface area contributed by atoms with Crippen LogP contribution in [-0.2, 0) is 21.1 Å². The quantitative estimate of drug-likeness (QED) is 0.513. The van der Waals surface area contributed by atoms with E-state index in [0.29, 0.717) is 23.4 Å². The summed E-state index contributed by atoms with van der Waals surface area (Å²) in [5.41, 5.74) is 2.53. The molecule has 0 unspecified atom stereocenters. The summed E-state index contributed by atoms with van der Waals surface area (Å²) in [4.78, 5) is 31.4. The van der Waals surface area contributed by atoms with Crippen LogP contribution in [0.15, 0.2) is 78.0 Å². The number of carbonyl (C=O) groups excluding carboxylic acids is 2. The second kappa shape index (κ2) is 10.9. The largest absolute Gasteiger partial charge is 0.326 e. The molecule has 0 fully saturated rings. The Morgan fingerprint density at radius 1 is 0.970 bits per heavy atom. The zero-order valence-corrected chi connectivity index (χ0v) is 19.5. The summed E-state index contributed by atoms with van der Waals surface area (Å²) in [6.07, 6.45) is 4.24. The second-order valence-electron chi connectivity index (χ2n) is 7.52. The van der Waals surface area contributed by atoms with Crippen LogP contribution in [0.5, 0.6) is 0 Å². The zero-order chi connectivity index (χ0) is 23.8. The first-order chi connectivity index (χ1) is 15.8. The minimum Gasteiger partial charge on any atom is -0.326 e. The van der Waals surface area contributed by atoms with E-state index in [-0.39, 0.29) is 28.9 Å². The van der Waals surface area contributed by atoms with Crippen molar-refractivity contribution >= 4 is 33.0 Å². The van der Waals surface area contributed by atoms with Gasteiger partial charge in [-0.05, 0) is 60.5 Å². The Balaban J connectivity index is 1.64. The van der Waals surface area contributed by atoms with E-state index in [1.54, 1.807) is 66.7 Å². The summed E-state index contributed by atoms with van der Waals surface area (Å²) in [7, 11) is -3.27. The summed E-state index contributed by atoms with van der Waals surface area (Å²) >= 11 is 0. The highest BCUT2D eigenvalue weighted by atomic mass is 32.2. The molecule has 1 aromatic heterocycles. The summed E-state index contributed by atoms with van der Waals surface area (Å²) < 4.78 is 23.8. The molecule has 33 heavy (non-hydrogen) atoms. The summed E-state index contributed by atoms with van der Waals surface area (Å²) in [5, 5.41) is 2.81. The summed E-state index contributed by atoms with van der Waals surface area (Å²) in [5.74, 6) is -0.336. The minimum absolute atomic E-state index is 0.0315. The molecule has 2 aromatic carbocycles. The van der Waals surface area contributed by atoms with E-state index in [1.807, 2.05) is 13.0 Å². The van der Waals surface area contributed by atoms with Crippen molar-refractivity contribution in [3.63, 3.8) is 0 Å². The lowest BCUT2D eigenvalue weighted by molar-refractivity contribution is -0.115. The van der Waals surface area contributed by atoms with Gasteiger partial charge in [0.2, 0.25) is 5.91 Å². The number of amides is 2. The maximum absolute atomic E-state index is 13.0. The predicted octanol–water partition coefficient (Wildman–Crippen LogP) is 4.11.